The Morgan fingerprint density at radius 3 is 2.19 bits per heavy atom. The highest BCUT2D eigenvalue weighted by atomic mass is 19.4. The lowest BCUT2D eigenvalue weighted by molar-refractivity contribution is -0.137. The molecule has 3 rings (SSSR count). The molecule has 0 N–H and O–H groups in total. The molecule has 3 aromatic rings. The van der Waals surface area contributed by atoms with Gasteiger partial charge in [0.2, 0.25) is 0 Å². The summed E-state index contributed by atoms with van der Waals surface area (Å²) in [5.74, 6) is -0.347. The molecule has 0 aliphatic carbocycles. The minimum absolute atomic E-state index is 0.347. The fourth-order valence-electron chi connectivity index (χ4n) is 2.77. The van der Waals surface area contributed by atoms with Crippen molar-refractivity contribution in [1.82, 2.24) is 0 Å². The summed E-state index contributed by atoms with van der Waals surface area (Å²) in [6.07, 6.45) is -3.34. The Hall–Kier alpha value is -2.95. The van der Waals surface area contributed by atoms with Crippen LogP contribution in [0.5, 0.6) is 0 Å². The highest BCUT2D eigenvalue weighted by molar-refractivity contribution is 5.80. The molecule has 26 heavy (non-hydrogen) atoms. The second kappa shape index (κ2) is 7.12. The van der Waals surface area contributed by atoms with E-state index in [0.29, 0.717) is 29.4 Å². The maximum Gasteiger partial charge on any atom is 0.416 e. The summed E-state index contributed by atoms with van der Waals surface area (Å²) in [4.78, 5) is 11.2. The fourth-order valence-corrected chi connectivity index (χ4v) is 2.77. The van der Waals surface area contributed by atoms with Gasteiger partial charge in [-0.25, -0.2) is 4.39 Å². The van der Waals surface area contributed by atoms with E-state index in [1.807, 2.05) is 0 Å². The lowest BCUT2D eigenvalue weighted by Gasteiger charge is -2.11. The Morgan fingerprint density at radius 1 is 0.808 bits per heavy atom. The summed E-state index contributed by atoms with van der Waals surface area (Å²) in [7, 11) is 0. The first-order chi connectivity index (χ1) is 12.3. The quantitative estimate of drug-likeness (QED) is 0.418. The van der Waals surface area contributed by atoms with E-state index in [-0.39, 0.29) is 5.82 Å². The summed E-state index contributed by atoms with van der Waals surface area (Å²) in [5, 5.41) is 0. The third-order valence-corrected chi connectivity index (χ3v) is 4.00. The Morgan fingerprint density at radius 2 is 1.54 bits per heavy atom. The van der Waals surface area contributed by atoms with Crippen molar-refractivity contribution in [2.75, 3.05) is 0 Å². The van der Waals surface area contributed by atoms with Crippen LogP contribution in [0.25, 0.3) is 11.1 Å². The van der Waals surface area contributed by atoms with E-state index < -0.39 is 11.7 Å². The van der Waals surface area contributed by atoms with Gasteiger partial charge in [0.05, 0.1) is 5.56 Å². The van der Waals surface area contributed by atoms with Crippen LogP contribution in [0.4, 0.5) is 17.6 Å². The number of hydrogen-bond donors (Lipinski definition) is 0. The van der Waals surface area contributed by atoms with Crippen LogP contribution in [0.2, 0.25) is 0 Å². The number of carbonyl (C=O) groups excluding carboxylic acids is 1. The maximum absolute atomic E-state index is 13.0. The molecule has 0 bridgehead atoms. The largest absolute Gasteiger partial charge is 0.416 e. The molecule has 0 amide bonds. The highest BCUT2D eigenvalue weighted by Gasteiger charge is 2.30. The molecule has 132 valence electrons. The van der Waals surface area contributed by atoms with Gasteiger partial charge in [0.1, 0.15) is 12.1 Å². The molecule has 0 fully saturated rings. The van der Waals surface area contributed by atoms with Gasteiger partial charge >= 0.3 is 6.18 Å². The van der Waals surface area contributed by atoms with Gasteiger partial charge in [-0.05, 0) is 65.1 Å². The number of rotatable bonds is 4. The first kappa shape index (κ1) is 17.9. The van der Waals surface area contributed by atoms with Crippen molar-refractivity contribution in [3.63, 3.8) is 0 Å². The molecule has 5 heteroatoms. The number of aldehydes is 1. The zero-order chi connectivity index (χ0) is 18.7. The average molecular weight is 358 g/mol. The van der Waals surface area contributed by atoms with E-state index in [2.05, 4.69) is 0 Å². The molecule has 0 aliphatic rings. The molecule has 0 saturated carbocycles. The molecule has 0 aliphatic heterocycles. The molecule has 0 saturated heterocycles. The van der Waals surface area contributed by atoms with Gasteiger partial charge in [0, 0.05) is 5.56 Å². The Labute approximate surface area is 147 Å². The lowest BCUT2D eigenvalue weighted by Crippen LogP contribution is -2.04. The smallest absolute Gasteiger partial charge is 0.298 e. The van der Waals surface area contributed by atoms with Crippen LogP contribution < -0.4 is 0 Å². The third-order valence-electron chi connectivity index (χ3n) is 4.00. The predicted octanol–water partition coefficient (Wildman–Crippen LogP) is 5.91. The normalized spacial score (nSPS) is 11.4. The average Bonchev–Trinajstić information content (AvgIpc) is 2.63. The topological polar surface area (TPSA) is 17.1 Å². The van der Waals surface area contributed by atoms with Gasteiger partial charge in [0.25, 0.3) is 0 Å². The Kier molecular flexibility index (Phi) is 4.89. The molecule has 1 nitrogen and oxygen atoms in total. The van der Waals surface area contributed by atoms with Crippen LogP contribution in [0.3, 0.4) is 0 Å². The molecular weight excluding hydrogens is 344 g/mol. The van der Waals surface area contributed by atoms with Gasteiger partial charge in [-0.3, -0.25) is 4.79 Å². The van der Waals surface area contributed by atoms with Crippen molar-refractivity contribution >= 4 is 6.29 Å². The van der Waals surface area contributed by atoms with Crippen molar-refractivity contribution in [2.24, 2.45) is 0 Å². The Bertz CT molecular complexity index is 927. The van der Waals surface area contributed by atoms with Gasteiger partial charge < -0.3 is 0 Å². The van der Waals surface area contributed by atoms with E-state index in [1.54, 1.807) is 36.4 Å². The monoisotopic (exact) mass is 358 g/mol. The molecule has 0 unspecified atom stereocenters. The second-order valence-electron chi connectivity index (χ2n) is 5.96. The van der Waals surface area contributed by atoms with E-state index in [4.69, 9.17) is 0 Å². The van der Waals surface area contributed by atoms with Crippen LogP contribution in [-0.2, 0) is 12.6 Å². The van der Waals surface area contributed by atoms with E-state index >= 15 is 0 Å². The van der Waals surface area contributed by atoms with Gasteiger partial charge in [-0.1, -0.05) is 30.3 Å². The summed E-state index contributed by atoms with van der Waals surface area (Å²) in [5.41, 5.74) is 2.13. The summed E-state index contributed by atoms with van der Waals surface area (Å²) < 4.78 is 51.9. The minimum atomic E-state index is -4.44. The zero-order valence-corrected chi connectivity index (χ0v) is 13.6. The van der Waals surface area contributed by atoms with Crippen LogP contribution in [0.1, 0.15) is 27.0 Å². The summed E-state index contributed by atoms with van der Waals surface area (Å²) in [6.45, 7) is 0. The van der Waals surface area contributed by atoms with Crippen LogP contribution in [0, 0.1) is 5.82 Å². The second-order valence-corrected chi connectivity index (χ2v) is 5.96. The number of benzene rings is 3. The highest BCUT2D eigenvalue weighted by Crippen LogP contribution is 2.32. The number of carbonyl (C=O) groups is 1. The molecule has 0 heterocycles. The summed E-state index contributed by atoms with van der Waals surface area (Å²) >= 11 is 0. The first-order valence-electron chi connectivity index (χ1n) is 7.86. The fraction of sp³-hybridized carbons (Fsp3) is 0.0952. The molecular formula is C21H14F4O. The van der Waals surface area contributed by atoms with Crippen molar-refractivity contribution in [2.45, 2.75) is 12.6 Å². The van der Waals surface area contributed by atoms with E-state index in [1.165, 1.54) is 18.2 Å². The van der Waals surface area contributed by atoms with Gasteiger partial charge in [-0.2, -0.15) is 13.2 Å². The first-order valence-corrected chi connectivity index (χ1v) is 7.86. The van der Waals surface area contributed by atoms with Gasteiger partial charge in [0.15, 0.2) is 0 Å². The SMILES string of the molecule is O=Cc1cc(Cc2ccc(F)cc2)cc(-c2cccc(C(F)(F)F)c2)c1. The molecule has 0 aromatic heterocycles. The molecule has 0 atom stereocenters. The van der Waals surface area contributed by atoms with Crippen molar-refractivity contribution in [3.8, 4) is 11.1 Å². The van der Waals surface area contributed by atoms with E-state index in [9.17, 15) is 22.4 Å². The van der Waals surface area contributed by atoms with Gasteiger partial charge in [-0.15, -0.1) is 0 Å². The number of hydrogen-bond acceptors (Lipinski definition) is 1. The van der Waals surface area contributed by atoms with E-state index in [0.717, 1.165) is 23.3 Å². The van der Waals surface area contributed by atoms with Crippen LogP contribution in [0.15, 0.2) is 66.7 Å². The Balaban J connectivity index is 2.00. The number of alkyl halides is 3. The van der Waals surface area contributed by atoms with Crippen molar-refractivity contribution in [3.05, 3.63) is 94.8 Å². The van der Waals surface area contributed by atoms with Crippen LogP contribution >= 0.6 is 0 Å². The molecule has 0 radical (unpaired) electrons. The number of halogens is 4. The summed E-state index contributed by atoms with van der Waals surface area (Å²) in [6, 6.07) is 15.9. The van der Waals surface area contributed by atoms with Crippen molar-refractivity contribution < 1.29 is 22.4 Å². The van der Waals surface area contributed by atoms with Crippen LogP contribution in [-0.4, -0.2) is 6.29 Å². The standard InChI is InChI=1S/C21H14F4O/c22-20-6-4-14(5-7-20)8-15-9-16(13-26)11-18(10-15)17-2-1-3-19(12-17)21(23,24)25/h1-7,9-13H,8H2. The maximum atomic E-state index is 13.0. The third kappa shape index (κ3) is 4.17. The predicted molar refractivity (Wildman–Crippen MR) is 91.5 cm³/mol. The lowest BCUT2D eigenvalue weighted by atomic mass is 9.96. The van der Waals surface area contributed by atoms with Crippen molar-refractivity contribution in [1.29, 1.82) is 0 Å². The molecule has 3 aromatic carbocycles. The zero-order valence-electron chi connectivity index (χ0n) is 13.6. The minimum Gasteiger partial charge on any atom is -0.298 e. The molecule has 0 spiro atoms.